The first-order valence-corrected chi connectivity index (χ1v) is 8.14. The largest absolute Gasteiger partial charge is 0.454 e. The predicted molar refractivity (Wildman–Crippen MR) is 90.8 cm³/mol. The van der Waals surface area contributed by atoms with Gasteiger partial charge in [-0.05, 0) is 36.1 Å². The quantitative estimate of drug-likeness (QED) is 0.937. The fraction of sp³-hybridized carbons (Fsp3) is 0.278. The average molecular weight is 329 g/mol. The van der Waals surface area contributed by atoms with Crippen LogP contribution in [0.1, 0.15) is 16.7 Å². The molecule has 2 aliphatic rings. The second-order valence-electron chi connectivity index (χ2n) is 5.57. The fourth-order valence-corrected chi connectivity index (χ4v) is 3.33. The number of aliphatic imine (C=N–C) groups is 1. The first-order chi connectivity index (χ1) is 11.3. The lowest BCUT2D eigenvalue weighted by molar-refractivity contribution is 0.173. The van der Waals surface area contributed by atoms with E-state index in [1.807, 2.05) is 24.3 Å². The number of rotatable bonds is 4. The number of halogens is 1. The van der Waals surface area contributed by atoms with E-state index in [0.717, 1.165) is 65.0 Å². The van der Waals surface area contributed by atoms with E-state index < -0.39 is 0 Å². The first kappa shape index (κ1) is 14.4. The van der Waals surface area contributed by atoms with E-state index in [4.69, 9.17) is 21.1 Å². The Bertz CT molecular complexity index is 774. The van der Waals surface area contributed by atoms with E-state index in [1.165, 1.54) is 0 Å². The smallest absolute Gasteiger partial charge is 0.231 e. The Morgan fingerprint density at radius 1 is 1.09 bits per heavy atom. The summed E-state index contributed by atoms with van der Waals surface area (Å²) in [4.78, 5) is 4.52. The molecule has 0 aliphatic carbocycles. The van der Waals surface area contributed by atoms with Crippen LogP contribution < -0.4 is 14.8 Å². The van der Waals surface area contributed by atoms with Gasteiger partial charge in [-0.25, -0.2) is 0 Å². The lowest BCUT2D eigenvalue weighted by Gasteiger charge is -2.13. The summed E-state index contributed by atoms with van der Waals surface area (Å²) >= 11 is 6.45. The van der Waals surface area contributed by atoms with E-state index in [1.54, 1.807) is 0 Å². The number of nitrogens with one attached hydrogen (secondary N) is 1. The molecule has 0 radical (unpaired) electrons. The second-order valence-corrected chi connectivity index (χ2v) is 5.98. The summed E-state index contributed by atoms with van der Waals surface area (Å²) in [5.41, 5.74) is 3.37. The van der Waals surface area contributed by atoms with Gasteiger partial charge in [0.05, 0.1) is 6.54 Å². The van der Waals surface area contributed by atoms with Crippen LogP contribution in [0.4, 0.5) is 0 Å². The van der Waals surface area contributed by atoms with Crippen LogP contribution in [0.25, 0.3) is 0 Å². The molecule has 5 heteroatoms. The number of nitrogens with zero attached hydrogens (tertiary/aromatic N) is 1. The predicted octanol–water partition coefficient (Wildman–Crippen LogP) is 3.20. The Morgan fingerprint density at radius 3 is 2.87 bits per heavy atom. The van der Waals surface area contributed by atoms with Gasteiger partial charge >= 0.3 is 0 Å². The van der Waals surface area contributed by atoms with E-state index >= 15 is 0 Å². The Hall–Kier alpha value is -2.20. The molecule has 118 valence electrons. The first-order valence-electron chi connectivity index (χ1n) is 7.76. The molecular formula is C18H17ClN2O2. The maximum absolute atomic E-state index is 6.45. The van der Waals surface area contributed by atoms with Gasteiger partial charge in [0.25, 0.3) is 0 Å². The van der Waals surface area contributed by atoms with E-state index in [9.17, 15) is 0 Å². The van der Waals surface area contributed by atoms with Gasteiger partial charge in [0.15, 0.2) is 11.5 Å². The van der Waals surface area contributed by atoms with Crippen molar-refractivity contribution in [3.63, 3.8) is 0 Å². The number of benzene rings is 2. The van der Waals surface area contributed by atoms with Crippen molar-refractivity contribution in [2.45, 2.75) is 12.8 Å². The summed E-state index contributed by atoms with van der Waals surface area (Å²) in [5, 5.41) is 4.11. The molecule has 0 atom stereocenters. The highest BCUT2D eigenvalue weighted by atomic mass is 35.5. The zero-order valence-corrected chi connectivity index (χ0v) is 13.4. The molecular weight excluding hydrogens is 312 g/mol. The normalized spacial score (nSPS) is 15.4. The van der Waals surface area contributed by atoms with Gasteiger partial charge in [-0.3, -0.25) is 4.99 Å². The third-order valence-corrected chi connectivity index (χ3v) is 4.52. The van der Waals surface area contributed by atoms with Gasteiger partial charge in [0.1, 0.15) is 5.84 Å². The summed E-state index contributed by atoms with van der Waals surface area (Å²) in [6.07, 6.45) is 1.67. The zero-order chi connectivity index (χ0) is 15.6. The third-order valence-electron chi connectivity index (χ3n) is 4.17. The summed E-state index contributed by atoms with van der Waals surface area (Å²) < 4.78 is 11.0. The van der Waals surface area contributed by atoms with Crippen LogP contribution in [0.2, 0.25) is 5.02 Å². The van der Waals surface area contributed by atoms with Crippen molar-refractivity contribution in [3.05, 3.63) is 58.1 Å². The van der Waals surface area contributed by atoms with Crippen molar-refractivity contribution in [2.24, 2.45) is 4.99 Å². The van der Waals surface area contributed by atoms with Crippen LogP contribution in [0.15, 0.2) is 41.4 Å². The maximum atomic E-state index is 6.45. The molecule has 0 bridgehead atoms. The van der Waals surface area contributed by atoms with Gasteiger partial charge in [-0.2, -0.15) is 0 Å². The Labute approximate surface area is 140 Å². The molecule has 0 spiro atoms. The molecule has 0 aromatic heterocycles. The van der Waals surface area contributed by atoms with E-state index in [-0.39, 0.29) is 0 Å². The molecule has 1 N–H and O–H groups in total. The summed E-state index contributed by atoms with van der Waals surface area (Å²) in [6, 6.07) is 12.0. The molecule has 2 heterocycles. The van der Waals surface area contributed by atoms with Crippen molar-refractivity contribution >= 4 is 17.4 Å². The third kappa shape index (κ3) is 2.75. The Kier molecular flexibility index (Phi) is 3.83. The highest BCUT2D eigenvalue weighted by Gasteiger charge is 2.19. The number of amidine groups is 1. The SMILES string of the molecule is Clc1cccc(C2=NCCN2)c1CCc1cccc2c1OCO2. The standard InChI is InChI=1S/C18H17ClN2O2/c19-15-5-2-4-14(18-20-9-10-21-18)13(15)8-7-12-3-1-6-16-17(12)23-11-22-16/h1-6H,7-11H2,(H,20,21). The van der Waals surface area contributed by atoms with Gasteiger partial charge in [0, 0.05) is 17.1 Å². The van der Waals surface area contributed by atoms with Crippen molar-refractivity contribution in [3.8, 4) is 11.5 Å². The lowest BCUT2D eigenvalue weighted by Crippen LogP contribution is -2.21. The second kappa shape index (κ2) is 6.13. The van der Waals surface area contributed by atoms with Gasteiger partial charge in [0.2, 0.25) is 6.79 Å². The number of aryl methyl sites for hydroxylation is 1. The molecule has 0 amide bonds. The maximum Gasteiger partial charge on any atom is 0.231 e. The highest BCUT2D eigenvalue weighted by Crippen LogP contribution is 2.36. The van der Waals surface area contributed by atoms with Gasteiger partial charge in [-0.1, -0.05) is 35.9 Å². The van der Waals surface area contributed by atoms with Crippen LogP contribution >= 0.6 is 11.6 Å². The summed E-state index contributed by atoms with van der Waals surface area (Å²) in [5.74, 6) is 2.63. The number of hydrogen-bond donors (Lipinski definition) is 1. The molecule has 2 aromatic rings. The number of ether oxygens (including phenoxy) is 2. The Balaban J connectivity index is 1.61. The number of fused-ring (bicyclic) bond motifs is 1. The van der Waals surface area contributed by atoms with Crippen LogP contribution in [-0.2, 0) is 12.8 Å². The minimum absolute atomic E-state index is 0.296. The molecule has 4 rings (SSSR count). The number of para-hydroxylation sites is 1. The topological polar surface area (TPSA) is 42.9 Å². The van der Waals surface area contributed by atoms with Crippen LogP contribution in [0.3, 0.4) is 0 Å². The van der Waals surface area contributed by atoms with Crippen molar-refractivity contribution in [1.29, 1.82) is 0 Å². The molecule has 0 saturated heterocycles. The van der Waals surface area contributed by atoms with Crippen LogP contribution in [-0.4, -0.2) is 25.7 Å². The van der Waals surface area contributed by atoms with Crippen LogP contribution in [0, 0.1) is 0 Å². The molecule has 0 unspecified atom stereocenters. The van der Waals surface area contributed by atoms with Gasteiger partial charge in [-0.15, -0.1) is 0 Å². The van der Waals surface area contributed by atoms with Gasteiger partial charge < -0.3 is 14.8 Å². The van der Waals surface area contributed by atoms with Crippen LogP contribution in [0.5, 0.6) is 11.5 Å². The fourth-order valence-electron chi connectivity index (χ4n) is 3.06. The average Bonchev–Trinajstić information content (AvgIpc) is 3.25. The molecule has 23 heavy (non-hydrogen) atoms. The van der Waals surface area contributed by atoms with Crippen molar-refractivity contribution < 1.29 is 9.47 Å². The highest BCUT2D eigenvalue weighted by molar-refractivity contribution is 6.32. The molecule has 2 aromatic carbocycles. The zero-order valence-electron chi connectivity index (χ0n) is 12.6. The molecule has 2 aliphatic heterocycles. The Morgan fingerprint density at radius 2 is 2.00 bits per heavy atom. The van der Waals surface area contributed by atoms with E-state index in [2.05, 4.69) is 22.4 Å². The monoisotopic (exact) mass is 328 g/mol. The molecule has 4 nitrogen and oxygen atoms in total. The minimum atomic E-state index is 0.296. The molecule has 0 saturated carbocycles. The summed E-state index contributed by atoms with van der Waals surface area (Å²) in [7, 11) is 0. The minimum Gasteiger partial charge on any atom is -0.454 e. The van der Waals surface area contributed by atoms with E-state index in [0.29, 0.717) is 6.79 Å². The number of hydrogen-bond acceptors (Lipinski definition) is 4. The van der Waals surface area contributed by atoms with Crippen molar-refractivity contribution in [1.82, 2.24) is 5.32 Å². The van der Waals surface area contributed by atoms with Crippen molar-refractivity contribution in [2.75, 3.05) is 19.9 Å². The lowest BCUT2D eigenvalue weighted by atomic mass is 9.98. The summed E-state index contributed by atoms with van der Waals surface area (Å²) in [6.45, 7) is 2.00. The molecule has 0 fully saturated rings.